The van der Waals surface area contributed by atoms with Gasteiger partial charge in [-0.25, -0.2) is 9.97 Å². The number of carbonyl (C=O) groups is 1. The number of amides is 1. The number of likely N-dealkylation sites (N-methyl/N-ethyl adjacent to an activating group) is 1. The first-order valence-corrected chi connectivity index (χ1v) is 12.2. The zero-order valence-electron chi connectivity index (χ0n) is 18.6. The molecule has 0 unspecified atom stereocenters. The van der Waals surface area contributed by atoms with Gasteiger partial charge < -0.3 is 10.2 Å². The Morgan fingerprint density at radius 1 is 1.09 bits per heavy atom. The van der Waals surface area contributed by atoms with E-state index in [9.17, 15) is 4.79 Å². The molecular formula is C23H29N7OS. The third kappa shape index (κ3) is 4.65. The van der Waals surface area contributed by atoms with Gasteiger partial charge in [0, 0.05) is 55.8 Å². The average Bonchev–Trinajstić information content (AvgIpc) is 3.25. The van der Waals surface area contributed by atoms with Gasteiger partial charge in [-0.15, -0.1) is 10.2 Å². The Bertz CT molecular complexity index is 1100. The Labute approximate surface area is 192 Å². The molecule has 1 N–H and O–H groups in total. The Hall–Kier alpha value is -2.49. The highest BCUT2D eigenvalue weighted by molar-refractivity contribution is 7.14. The third-order valence-corrected chi connectivity index (χ3v) is 7.55. The summed E-state index contributed by atoms with van der Waals surface area (Å²) in [5.41, 5.74) is 1.58. The topological polar surface area (TPSA) is 87.1 Å². The highest BCUT2D eigenvalue weighted by atomic mass is 32.1. The van der Waals surface area contributed by atoms with Gasteiger partial charge in [-0.1, -0.05) is 11.3 Å². The molecule has 32 heavy (non-hydrogen) atoms. The molecule has 0 radical (unpaired) electrons. The van der Waals surface area contributed by atoms with E-state index in [-0.39, 0.29) is 11.8 Å². The molecule has 8 nitrogen and oxygen atoms in total. The maximum absolute atomic E-state index is 12.9. The highest BCUT2D eigenvalue weighted by Crippen LogP contribution is 2.29. The number of nitrogens with zero attached hydrogens (tertiary/aromatic N) is 6. The predicted octanol–water partition coefficient (Wildman–Crippen LogP) is 3.20. The molecule has 1 saturated carbocycles. The average molecular weight is 452 g/mol. The van der Waals surface area contributed by atoms with Gasteiger partial charge in [-0.3, -0.25) is 9.69 Å². The molecular weight excluding hydrogens is 422 g/mol. The van der Waals surface area contributed by atoms with Crippen LogP contribution in [0.5, 0.6) is 0 Å². The molecule has 4 heterocycles. The minimum atomic E-state index is 0.0554. The maximum Gasteiger partial charge on any atom is 0.228 e. The lowest BCUT2D eigenvalue weighted by molar-refractivity contribution is -0.121. The Balaban J connectivity index is 1.22. The quantitative estimate of drug-likeness (QED) is 0.652. The number of aryl methyl sites for hydroxylation is 1. The number of anilines is 1. The van der Waals surface area contributed by atoms with Crippen LogP contribution in [-0.4, -0.2) is 75.1 Å². The molecule has 2 aliphatic rings. The fourth-order valence-corrected chi connectivity index (χ4v) is 5.38. The zero-order valence-corrected chi connectivity index (χ0v) is 19.4. The van der Waals surface area contributed by atoms with E-state index in [1.165, 1.54) is 11.3 Å². The van der Waals surface area contributed by atoms with Gasteiger partial charge in [0.2, 0.25) is 5.91 Å². The van der Waals surface area contributed by atoms with Crippen molar-refractivity contribution in [3.05, 3.63) is 29.4 Å². The Kier molecular flexibility index (Phi) is 6.12. The van der Waals surface area contributed by atoms with Crippen LogP contribution in [0.15, 0.2) is 24.4 Å². The van der Waals surface area contributed by atoms with E-state index in [2.05, 4.69) is 37.3 Å². The summed E-state index contributed by atoms with van der Waals surface area (Å²) in [5.74, 6) is 0.686. The van der Waals surface area contributed by atoms with Crippen LogP contribution in [0.2, 0.25) is 0 Å². The van der Waals surface area contributed by atoms with Gasteiger partial charge in [0.1, 0.15) is 16.5 Å². The number of hydrogen-bond acceptors (Lipinski definition) is 8. The molecule has 1 aliphatic heterocycles. The SMILES string of the molecule is Cc1nnc(-c2ccc3cnc(NC(=O)C4CCC(N5CCN(C)CC5)CC4)cc3n2)s1. The Morgan fingerprint density at radius 3 is 2.59 bits per heavy atom. The number of nitrogens with one attached hydrogen (secondary N) is 1. The molecule has 168 valence electrons. The lowest BCUT2D eigenvalue weighted by Gasteiger charge is -2.40. The molecule has 0 spiro atoms. The summed E-state index contributed by atoms with van der Waals surface area (Å²) in [7, 11) is 2.19. The monoisotopic (exact) mass is 451 g/mol. The third-order valence-electron chi connectivity index (χ3n) is 6.69. The Morgan fingerprint density at radius 2 is 1.88 bits per heavy atom. The molecule has 3 aromatic heterocycles. The van der Waals surface area contributed by atoms with Gasteiger partial charge in [0.05, 0.1) is 5.52 Å². The van der Waals surface area contributed by atoms with Crippen LogP contribution in [0.4, 0.5) is 5.82 Å². The van der Waals surface area contributed by atoms with Crippen LogP contribution in [0.1, 0.15) is 30.7 Å². The van der Waals surface area contributed by atoms with Gasteiger partial charge in [-0.2, -0.15) is 0 Å². The molecule has 1 amide bonds. The van der Waals surface area contributed by atoms with Crippen LogP contribution in [0, 0.1) is 12.8 Å². The van der Waals surface area contributed by atoms with E-state index in [1.807, 2.05) is 25.1 Å². The number of hydrogen-bond donors (Lipinski definition) is 1. The number of carbonyl (C=O) groups excluding carboxylic acids is 1. The normalized spacial score (nSPS) is 22.8. The van der Waals surface area contributed by atoms with Gasteiger partial charge in [0.25, 0.3) is 0 Å². The minimum Gasteiger partial charge on any atom is -0.310 e. The van der Waals surface area contributed by atoms with Crippen LogP contribution in [-0.2, 0) is 4.79 Å². The van der Waals surface area contributed by atoms with Crippen molar-refractivity contribution >= 4 is 34.0 Å². The zero-order chi connectivity index (χ0) is 22.1. The van der Waals surface area contributed by atoms with Crippen LogP contribution < -0.4 is 5.32 Å². The predicted molar refractivity (Wildman–Crippen MR) is 127 cm³/mol. The second kappa shape index (κ2) is 9.17. The lowest BCUT2D eigenvalue weighted by atomic mass is 9.84. The summed E-state index contributed by atoms with van der Waals surface area (Å²) in [6.07, 6.45) is 5.83. The van der Waals surface area contributed by atoms with Crippen molar-refractivity contribution in [2.75, 3.05) is 38.5 Å². The summed E-state index contributed by atoms with van der Waals surface area (Å²) in [4.78, 5) is 27.1. The standard InChI is InChI=1S/C23H29N7OS/c1-15-27-28-23(32-15)19-8-5-17-14-24-21(13-20(17)25-19)26-22(31)16-3-6-18(7-4-16)30-11-9-29(2)10-12-30/h5,8,13-14,16,18H,3-4,6-7,9-12H2,1-2H3,(H,24,26,31). The van der Waals surface area contributed by atoms with Crippen molar-refractivity contribution < 1.29 is 4.79 Å². The smallest absolute Gasteiger partial charge is 0.228 e. The van der Waals surface area contributed by atoms with Crippen molar-refractivity contribution in [2.24, 2.45) is 5.92 Å². The molecule has 0 bridgehead atoms. The largest absolute Gasteiger partial charge is 0.310 e. The van der Waals surface area contributed by atoms with E-state index in [0.717, 1.165) is 78.5 Å². The van der Waals surface area contributed by atoms with Gasteiger partial charge in [-0.05, 0) is 51.8 Å². The molecule has 3 aromatic rings. The molecule has 9 heteroatoms. The molecule has 5 rings (SSSR count). The number of aromatic nitrogens is 4. The number of piperazine rings is 1. The molecule has 2 fully saturated rings. The number of fused-ring (bicyclic) bond motifs is 1. The van der Waals surface area contributed by atoms with Crippen LogP contribution in [0.25, 0.3) is 21.6 Å². The fraction of sp³-hybridized carbons (Fsp3) is 0.522. The second-order valence-corrected chi connectivity index (χ2v) is 10.1. The van der Waals surface area contributed by atoms with Crippen molar-refractivity contribution in [1.29, 1.82) is 0 Å². The van der Waals surface area contributed by atoms with E-state index >= 15 is 0 Å². The fourth-order valence-electron chi connectivity index (χ4n) is 4.72. The molecule has 0 atom stereocenters. The summed E-state index contributed by atoms with van der Waals surface area (Å²) < 4.78 is 0. The molecule has 0 aromatic carbocycles. The first-order chi connectivity index (χ1) is 15.5. The second-order valence-electron chi connectivity index (χ2n) is 8.92. The van der Waals surface area contributed by atoms with E-state index in [1.54, 1.807) is 6.20 Å². The highest BCUT2D eigenvalue weighted by Gasteiger charge is 2.30. The van der Waals surface area contributed by atoms with Crippen LogP contribution in [0.3, 0.4) is 0 Å². The summed E-state index contributed by atoms with van der Waals surface area (Å²) in [6, 6.07) is 6.38. The lowest BCUT2D eigenvalue weighted by Crippen LogP contribution is -2.50. The van der Waals surface area contributed by atoms with E-state index in [0.29, 0.717) is 11.9 Å². The molecule has 1 aliphatic carbocycles. The number of pyridine rings is 2. The van der Waals surface area contributed by atoms with Gasteiger partial charge >= 0.3 is 0 Å². The summed E-state index contributed by atoms with van der Waals surface area (Å²) in [6.45, 7) is 6.50. The van der Waals surface area contributed by atoms with Crippen molar-refractivity contribution in [3.8, 4) is 10.7 Å². The van der Waals surface area contributed by atoms with Crippen LogP contribution >= 0.6 is 11.3 Å². The van der Waals surface area contributed by atoms with Crippen molar-refractivity contribution in [2.45, 2.75) is 38.6 Å². The first-order valence-electron chi connectivity index (χ1n) is 11.4. The first kappa shape index (κ1) is 21.4. The van der Waals surface area contributed by atoms with E-state index in [4.69, 9.17) is 4.98 Å². The minimum absolute atomic E-state index is 0.0554. The number of rotatable bonds is 4. The summed E-state index contributed by atoms with van der Waals surface area (Å²) in [5, 5.41) is 13.9. The van der Waals surface area contributed by atoms with Crippen molar-refractivity contribution in [3.63, 3.8) is 0 Å². The van der Waals surface area contributed by atoms with Gasteiger partial charge in [0.15, 0.2) is 5.01 Å². The van der Waals surface area contributed by atoms with E-state index < -0.39 is 0 Å². The molecule has 1 saturated heterocycles. The summed E-state index contributed by atoms with van der Waals surface area (Å²) >= 11 is 1.52. The maximum atomic E-state index is 12.9. The van der Waals surface area contributed by atoms with Crippen molar-refractivity contribution in [1.82, 2.24) is 30.0 Å².